The number of morpholine rings is 1. The monoisotopic (exact) mass is 348 g/mol. The van der Waals surface area contributed by atoms with E-state index >= 15 is 0 Å². The summed E-state index contributed by atoms with van der Waals surface area (Å²) in [4.78, 5) is 30.1. The van der Waals surface area contributed by atoms with Crippen molar-refractivity contribution >= 4 is 28.7 Å². The van der Waals surface area contributed by atoms with Crippen molar-refractivity contribution in [2.45, 2.75) is 19.9 Å². The number of ether oxygens (including phenoxy) is 1. The maximum absolute atomic E-state index is 12.0. The zero-order chi connectivity index (χ0) is 16.9. The summed E-state index contributed by atoms with van der Waals surface area (Å²) in [6, 6.07) is 3.74. The molecule has 0 aliphatic carbocycles. The highest BCUT2D eigenvalue weighted by molar-refractivity contribution is 7.07. The third-order valence-electron chi connectivity index (χ3n) is 3.93. The standard InChI is InChI=1S/C16H20N4O3S/c1-12-11-24-16(22)20(12)5-4-15(21)18-14-3-2-13(10-17-14)19-6-8-23-9-7-19/h2-3,10-11H,4-9H2,1H3,(H,17,18,21). The molecule has 1 fully saturated rings. The molecule has 3 rings (SSSR count). The molecule has 1 amide bonds. The molecule has 128 valence electrons. The van der Waals surface area contributed by atoms with Crippen LogP contribution in [-0.4, -0.2) is 41.8 Å². The van der Waals surface area contributed by atoms with Crippen molar-refractivity contribution in [3.8, 4) is 0 Å². The Morgan fingerprint density at radius 2 is 2.17 bits per heavy atom. The lowest BCUT2D eigenvalue weighted by Gasteiger charge is -2.28. The minimum absolute atomic E-state index is 0.0340. The first-order valence-corrected chi connectivity index (χ1v) is 8.75. The molecule has 1 aliphatic heterocycles. The number of carbonyl (C=O) groups excluding carboxylic acids is 1. The van der Waals surface area contributed by atoms with Crippen LogP contribution in [0.2, 0.25) is 0 Å². The molecule has 7 nitrogen and oxygen atoms in total. The molecule has 0 atom stereocenters. The predicted octanol–water partition coefficient (Wildman–Crippen LogP) is 1.48. The lowest BCUT2D eigenvalue weighted by Crippen LogP contribution is -2.36. The van der Waals surface area contributed by atoms with Gasteiger partial charge in [0.05, 0.1) is 25.1 Å². The fourth-order valence-corrected chi connectivity index (χ4v) is 3.32. The molecule has 0 saturated carbocycles. The third-order valence-corrected chi connectivity index (χ3v) is 4.81. The lowest BCUT2D eigenvalue weighted by atomic mass is 10.3. The van der Waals surface area contributed by atoms with Gasteiger partial charge in [-0.25, -0.2) is 4.98 Å². The van der Waals surface area contributed by atoms with Gasteiger partial charge in [0.15, 0.2) is 0 Å². The average molecular weight is 348 g/mol. The fraction of sp³-hybridized carbons (Fsp3) is 0.438. The van der Waals surface area contributed by atoms with Crippen LogP contribution in [0.3, 0.4) is 0 Å². The molecule has 0 unspecified atom stereocenters. The molecule has 1 N–H and O–H groups in total. The first kappa shape index (κ1) is 16.7. The Morgan fingerprint density at radius 3 is 2.79 bits per heavy atom. The van der Waals surface area contributed by atoms with Gasteiger partial charge in [-0.05, 0) is 19.1 Å². The second-order valence-corrected chi connectivity index (χ2v) is 6.41. The van der Waals surface area contributed by atoms with Crippen LogP contribution in [-0.2, 0) is 16.1 Å². The van der Waals surface area contributed by atoms with E-state index in [1.165, 1.54) is 0 Å². The van der Waals surface area contributed by atoms with E-state index in [2.05, 4.69) is 15.2 Å². The Kier molecular flexibility index (Phi) is 5.27. The van der Waals surface area contributed by atoms with E-state index in [9.17, 15) is 9.59 Å². The summed E-state index contributed by atoms with van der Waals surface area (Å²) in [6.45, 7) is 5.39. The van der Waals surface area contributed by atoms with Gasteiger partial charge in [-0.2, -0.15) is 0 Å². The highest BCUT2D eigenvalue weighted by Gasteiger charge is 2.12. The van der Waals surface area contributed by atoms with E-state index in [-0.39, 0.29) is 17.2 Å². The van der Waals surface area contributed by atoms with Crippen molar-refractivity contribution in [3.63, 3.8) is 0 Å². The molecule has 0 radical (unpaired) electrons. The maximum atomic E-state index is 12.0. The number of rotatable bonds is 5. The Labute approximate surface area is 143 Å². The molecule has 24 heavy (non-hydrogen) atoms. The molecule has 0 bridgehead atoms. The van der Waals surface area contributed by atoms with Gasteiger partial charge in [0, 0.05) is 37.1 Å². The van der Waals surface area contributed by atoms with E-state index in [1.807, 2.05) is 13.0 Å². The van der Waals surface area contributed by atoms with Crippen molar-refractivity contribution in [2.75, 3.05) is 36.5 Å². The van der Waals surface area contributed by atoms with Crippen molar-refractivity contribution in [2.24, 2.45) is 0 Å². The van der Waals surface area contributed by atoms with Gasteiger partial charge in [0.1, 0.15) is 5.82 Å². The van der Waals surface area contributed by atoms with Crippen molar-refractivity contribution < 1.29 is 9.53 Å². The molecule has 1 saturated heterocycles. The van der Waals surface area contributed by atoms with Gasteiger partial charge in [-0.1, -0.05) is 11.3 Å². The van der Waals surface area contributed by atoms with E-state index < -0.39 is 0 Å². The smallest absolute Gasteiger partial charge is 0.307 e. The number of thiazole rings is 1. The molecule has 0 aromatic carbocycles. The minimum atomic E-state index is -0.154. The van der Waals surface area contributed by atoms with E-state index in [1.54, 1.807) is 22.2 Å². The van der Waals surface area contributed by atoms with Gasteiger partial charge in [-0.3, -0.25) is 9.59 Å². The van der Waals surface area contributed by atoms with Crippen LogP contribution in [0.1, 0.15) is 12.1 Å². The fourth-order valence-electron chi connectivity index (χ4n) is 2.56. The number of carbonyl (C=O) groups is 1. The zero-order valence-corrected chi connectivity index (χ0v) is 14.3. The second kappa shape index (κ2) is 7.59. The quantitative estimate of drug-likeness (QED) is 0.886. The maximum Gasteiger partial charge on any atom is 0.307 e. The Hall–Kier alpha value is -2.19. The number of amides is 1. The average Bonchev–Trinajstić information content (AvgIpc) is 2.93. The van der Waals surface area contributed by atoms with Gasteiger partial charge in [-0.15, -0.1) is 0 Å². The molecular formula is C16H20N4O3S. The van der Waals surface area contributed by atoms with Crippen LogP contribution < -0.4 is 15.1 Å². The summed E-state index contributed by atoms with van der Waals surface area (Å²) < 4.78 is 6.94. The highest BCUT2D eigenvalue weighted by atomic mass is 32.1. The largest absolute Gasteiger partial charge is 0.378 e. The van der Waals surface area contributed by atoms with E-state index in [4.69, 9.17) is 4.74 Å². The number of aromatic nitrogens is 2. The molecule has 2 aromatic heterocycles. The molecule has 8 heteroatoms. The van der Waals surface area contributed by atoms with E-state index in [0.717, 1.165) is 49.0 Å². The summed E-state index contributed by atoms with van der Waals surface area (Å²) in [5.74, 6) is 0.366. The van der Waals surface area contributed by atoms with Gasteiger partial charge in [0.25, 0.3) is 0 Å². The zero-order valence-electron chi connectivity index (χ0n) is 13.5. The van der Waals surface area contributed by atoms with Crippen LogP contribution in [0.15, 0.2) is 28.5 Å². The van der Waals surface area contributed by atoms with Gasteiger partial charge < -0.3 is 19.5 Å². The van der Waals surface area contributed by atoms with Gasteiger partial charge in [0.2, 0.25) is 5.91 Å². The van der Waals surface area contributed by atoms with E-state index in [0.29, 0.717) is 12.4 Å². The number of hydrogen-bond acceptors (Lipinski definition) is 6. The number of hydrogen-bond donors (Lipinski definition) is 1. The van der Waals surface area contributed by atoms with Crippen LogP contribution in [0, 0.1) is 6.92 Å². The summed E-state index contributed by atoms with van der Waals surface area (Å²) in [6.07, 6.45) is 2.00. The molecule has 0 spiro atoms. The van der Waals surface area contributed by atoms with Crippen LogP contribution in [0.5, 0.6) is 0 Å². The summed E-state index contributed by atoms with van der Waals surface area (Å²) in [5.41, 5.74) is 1.91. The van der Waals surface area contributed by atoms with Crippen LogP contribution >= 0.6 is 11.3 Å². The number of pyridine rings is 1. The lowest BCUT2D eigenvalue weighted by molar-refractivity contribution is -0.116. The van der Waals surface area contributed by atoms with Crippen molar-refractivity contribution in [1.29, 1.82) is 0 Å². The van der Waals surface area contributed by atoms with Crippen LogP contribution in [0.25, 0.3) is 0 Å². The Morgan fingerprint density at radius 1 is 1.38 bits per heavy atom. The SMILES string of the molecule is Cc1csc(=O)n1CCC(=O)Nc1ccc(N2CCOCC2)cn1. The minimum Gasteiger partial charge on any atom is -0.378 e. The predicted molar refractivity (Wildman–Crippen MR) is 93.8 cm³/mol. The third kappa shape index (κ3) is 4.01. The first-order chi connectivity index (χ1) is 11.6. The second-order valence-electron chi connectivity index (χ2n) is 5.59. The van der Waals surface area contributed by atoms with Crippen LogP contribution in [0.4, 0.5) is 11.5 Å². The topological polar surface area (TPSA) is 76.5 Å². The highest BCUT2D eigenvalue weighted by Crippen LogP contribution is 2.16. The Bertz CT molecular complexity index is 747. The number of anilines is 2. The first-order valence-electron chi connectivity index (χ1n) is 7.87. The molecular weight excluding hydrogens is 328 g/mol. The normalized spacial score (nSPS) is 14.6. The molecule has 2 aromatic rings. The molecule has 3 heterocycles. The molecule has 1 aliphatic rings. The summed E-state index contributed by atoms with van der Waals surface area (Å²) in [5, 5.41) is 4.57. The summed E-state index contributed by atoms with van der Waals surface area (Å²) >= 11 is 1.15. The Balaban J connectivity index is 1.53. The number of aryl methyl sites for hydroxylation is 1. The van der Waals surface area contributed by atoms with Gasteiger partial charge >= 0.3 is 4.87 Å². The number of nitrogens with zero attached hydrogens (tertiary/aromatic N) is 3. The van der Waals surface area contributed by atoms with Crippen molar-refractivity contribution in [1.82, 2.24) is 9.55 Å². The number of nitrogens with one attached hydrogen (secondary N) is 1. The van der Waals surface area contributed by atoms with Crippen molar-refractivity contribution in [3.05, 3.63) is 39.1 Å². The summed E-state index contributed by atoms with van der Waals surface area (Å²) in [7, 11) is 0.